The fourth-order valence-electron chi connectivity index (χ4n) is 1.80. The monoisotopic (exact) mass is 173 g/mol. The Hall–Kier alpha value is -1.51. The number of aromatic amines is 1. The quantitative estimate of drug-likeness (QED) is 0.693. The van der Waals surface area contributed by atoms with Crippen LogP contribution in [0.15, 0.2) is 18.5 Å². The predicted molar refractivity (Wildman–Crippen MR) is 52.5 cm³/mol. The summed E-state index contributed by atoms with van der Waals surface area (Å²) in [6.45, 7) is 0. The Labute approximate surface area is 76.0 Å². The zero-order valence-electron chi connectivity index (χ0n) is 7.25. The zero-order chi connectivity index (χ0) is 8.84. The van der Waals surface area contributed by atoms with Crippen molar-refractivity contribution in [2.75, 3.05) is 5.73 Å². The first kappa shape index (κ1) is 6.95. The molecule has 66 valence electrons. The number of hydrogen-bond acceptors (Lipinski definition) is 2. The van der Waals surface area contributed by atoms with Gasteiger partial charge in [0.2, 0.25) is 0 Å². The van der Waals surface area contributed by atoms with Crippen LogP contribution < -0.4 is 5.73 Å². The van der Waals surface area contributed by atoms with E-state index in [1.807, 2.05) is 18.5 Å². The molecule has 1 fully saturated rings. The Balaban J connectivity index is 2.36. The first-order valence-electron chi connectivity index (χ1n) is 4.58. The number of aromatic nitrogens is 2. The maximum atomic E-state index is 5.87. The number of nitrogens with zero attached hydrogens (tertiary/aromatic N) is 1. The summed E-state index contributed by atoms with van der Waals surface area (Å²) in [5.74, 6) is 0.654. The number of H-pyrrole nitrogens is 1. The van der Waals surface area contributed by atoms with Crippen molar-refractivity contribution in [3.63, 3.8) is 0 Å². The topological polar surface area (TPSA) is 54.7 Å². The van der Waals surface area contributed by atoms with E-state index in [0.29, 0.717) is 5.92 Å². The Kier molecular flexibility index (Phi) is 1.20. The summed E-state index contributed by atoms with van der Waals surface area (Å²) in [6.07, 6.45) is 6.22. The summed E-state index contributed by atoms with van der Waals surface area (Å²) in [7, 11) is 0. The number of anilines is 1. The van der Waals surface area contributed by atoms with Gasteiger partial charge in [0.1, 0.15) is 0 Å². The molecule has 2 aromatic rings. The third kappa shape index (κ3) is 0.932. The molecular formula is C10H11N3. The molecule has 1 aliphatic carbocycles. The van der Waals surface area contributed by atoms with Crippen LogP contribution in [0.2, 0.25) is 0 Å². The van der Waals surface area contributed by atoms with E-state index >= 15 is 0 Å². The van der Waals surface area contributed by atoms with Crippen molar-refractivity contribution < 1.29 is 0 Å². The van der Waals surface area contributed by atoms with Crippen LogP contribution in [0.25, 0.3) is 10.9 Å². The molecule has 0 spiro atoms. The van der Waals surface area contributed by atoms with Crippen molar-refractivity contribution in [2.24, 2.45) is 0 Å². The molecule has 3 N–H and O–H groups in total. The minimum atomic E-state index is 0.654. The van der Waals surface area contributed by atoms with Crippen LogP contribution in [0.1, 0.15) is 24.5 Å². The van der Waals surface area contributed by atoms with Crippen LogP contribution in [0, 0.1) is 0 Å². The molecule has 0 atom stereocenters. The van der Waals surface area contributed by atoms with Gasteiger partial charge in [0.05, 0.1) is 16.9 Å². The van der Waals surface area contributed by atoms with Gasteiger partial charge in [-0.3, -0.25) is 4.98 Å². The molecular weight excluding hydrogens is 162 g/mol. The maximum Gasteiger partial charge on any atom is 0.0590 e. The van der Waals surface area contributed by atoms with Gasteiger partial charge >= 0.3 is 0 Å². The minimum Gasteiger partial charge on any atom is -0.397 e. The van der Waals surface area contributed by atoms with Gasteiger partial charge in [0.15, 0.2) is 0 Å². The van der Waals surface area contributed by atoms with E-state index in [9.17, 15) is 0 Å². The van der Waals surface area contributed by atoms with Gasteiger partial charge in [-0.1, -0.05) is 0 Å². The second-order valence-electron chi connectivity index (χ2n) is 3.64. The molecule has 0 bridgehead atoms. The third-order valence-corrected chi connectivity index (χ3v) is 2.62. The molecule has 3 heteroatoms. The number of nitrogens with two attached hydrogens (primary N) is 1. The Morgan fingerprint density at radius 3 is 3.08 bits per heavy atom. The average Bonchev–Trinajstić information content (AvgIpc) is 2.92. The Bertz CT molecular complexity index is 454. The average molecular weight is 173 g/mol. The molecule has 0 amide bonds. The van der Waals surface area contributed by atoms with Crippen LogP contribution in [0.4, 0.5) is 5.69 Å². The van der Waals surface area contributed by atoms with E-state index in [1.54, 1.807) is 0 Å². The van der Waals surface area contributed by atoms with E-state index in [4.69, 9.17) is 5.73 Å². The normalized spacial score (nSPS) is 16.6. The van der Waals surface area contributed by atoms with Crippen molar-refractivity contribution in [1.29, 1.82) is 0 Å². The zero-order valence-corrected chi connectivity index (χ0v) is 7.25. The molecule has 0 unspecified atom stereocenters. The molecule has 13 heavy (non-hydrogen) atoms. The largest absolute Gasteiger partial charge is 0.397 e. The highest BCUT2D eigenvalue weighted by molar-refractivity contribution is 5.93. The van der Waals surface area contributed by atoms with Crippen LogP contribution in [-0.4, -0.2) is 9.97 Å². The highest BCUT2D eigenvalue weighted by Crippen LogP contribution is 2.42. The molecule has 3 rings (SSSR count). The smallest absolute Gasteiger partial charge is 0.0590 e. The first-order valence-corrected chi connectivity index (χ1v) is 4.58. The van der Waals surface area contributed by atoms with Crippen molar-refractivity contribution in [2.45, 2.75) is 18.8 Å². The SMILES string of the molecule is Nc1c[nH]c2ccnc(C3CC3)c12. The summed E-state index contributed by atoms with van der Waals surface area (Å²) in [6, 6.07) is 1.97. The van der Waals surface area contributed by atoms with Crippen molar-refractivity contribution in [3.05, 3.63) is 24.2 Å². The number of rotatable bonds is 1. The van der Waals surface area contributed by atoms with Gasteiger partial charge in [-0.25, -0.2) is 0 Å². The molecule has 0 aliphatic heterocycles. The Morgan fingerprint density at radius 1 is 1.46 bits per heavy atom. The number of nitrogen functional groups attached to an aromatic ring is 1. The molecule has 2 aromatic heterocycles. The van der Waals surface area contributed by atoms with Crippen LogP contribution >= 0.6 is 0 Å². The molecule has 1 aliphatic rings. The lowest BCUT2D eigenvalue weighted by molar-refractivity contribution is 1.05. The molecule has 0 saturated heterocycles. The molecule has 2 heterocycles. The predicted octanol–water partition coefficient (Wildman–Crippen LogP) is 2.02. The van der Waals surface area contributed by atoms with Gasteiger partial charge in [0, 0.05) is 23.7 Å². The van der Waals surface area contributed by atoms with Gasteiger partial charge in [-0.05, 0) is 18.9 Å². The Morgan fingerprint density at radius 2 is 2.31 bits per heavy atom. The summed E-state index contributed by atoms with van der Waals surface area (Å²) in [5.41, 5.74) is 8.98. The lowest BCUT2D eigenvalue weighted by Gasteiger charge is -1.99. The fourth-order valence-corrected chi connectivity index (χ4v) is 1.80. The maximum absolute atomic E-state index is 5.87. The highest BCUT2D eigenvalue weighted by atomic mass is 14.8. The second kappa shape index (κ2) is 2.25. The van der Waals surface area contributed by atoms with Crippen molar-refractivity contribution in [1.82, 2.24) is 9.97 Å². The third-order valence-electron chi connectivity index (χ3n) is 2.62. The minimum absolute atomic E-state index is 0.654. The number of nitrogens with one attached hydrogen (secondary N) is 1. The van der Waals surface area contributed by atoms with E-state index < -0.39 is 0 Å². The molecule has 1 saturated carbocycles. The highest BCUT2D eigenvalue weighted by Gasteiger charge is 2.27. The van der Waals surface area contributed by atoms with Crippen molar-refractivity contribution in [3.8, 4) is 0 Å². The number of hydrogen-bond donors (Lipinski definition) is 2. The van der Waals surface area contributed by atoms with Crippen molar-refractivity contribution >= 4 is 16.6 Å². The van der Waals surface area contributed by atoms with E-state index in [2.05, 4.69) is 9.97 Å². The lowest BCUT2D eigenvalue weighted by atomic mass is 10.1. The first-order chi connectivity index (χ1) is 6.36. The fraction of sp³-hybridized carbons (Fsp3) is 0.300. The lowest BCUT2D eigenvalue weighted by Crippen LogP contribution is -1.89. The van der Waals surface area contributed by atoms with E-state index in [-0.39, 0.29) is 0 Å². The molecule has 0 radical (unpaired) electrons. The van der Waals surface area contributed by atoms with Crippen LogP contribution in [0.3, 0.4) is 0 Å². The summed E-state index contributed by atoms with van der Waals surface area (Å²) in [4.78, 5) is 7.55. The van der Waals surface area contributed by atoms with Gasteiger partial charge in [0.25, 0.3) is 0 Å². The standard InChI is InChI=1S/C10H11N3/c11-7-5-13-8-3-4-12-10(9(7)8)6-1-2-6/h3-6,13H,1-2,11H2. The number of fused-ring (bicyclic) bond motifs is 1. The van der Waals surface area contributed by atoms with Crippen LogP contribution in [-0.2, 0) is 0 Å². The van der Waals surface area contributed by atoms with Gasteiger partial charge in [-0.2, -0.15) is 0 Å². The number of pyridine rings is 1. The summed E-state index contributed by atoms with van der Waals surface area (Å²) < 4.78 is 0. The summed E-state index contributed by atoms with van der Waals surface area (Å²) in [5, 5.41) is 1.13. The van der Waals surface area contributed by atoms with Gasteiger partial charge in [-0.15, -0.1) is 0 Å². The van der Waals surface area contributed by atoms with E-state index in [0.717, 1.165) is 16.6 Å². The molecule has 0 aromatic carbocycles. The van der Waals surface area contributed by atoms with Crippen LogP contribution in [0.5, 0.6) is 0 Å². The summed E-state index contributed by atoms with van der Waals surface area (Å²) >= 11 is 0. The van der Waals surface area contributed by atoms with Gasteiger partial charge < -0.3 is 10.7 Å². The van der Waals surface area contributed by atoms with E-state index in [1.165, 1.54) is 18.5 Å². The molecule has 3 nitrogen and oxygen atoms in total. The second-order valence-corrected chi connectivity index (χ2v) is 3.64.